The van der Waals surface area contributed by atoms with Crippen LogP contribution in [0.1, 0.15) is 59.5 Å². The first-order chi connectivity index (χ1) is 13.9. The van der Waals surface area contributed by atoms with Crippen LogP contribution in [0.5, 0.6) is 0 Å². The molecule has 148 valence electrons. The van der Waals surface area contributed by atoms with E-state index in [0.29, 0.717) is 23.4 Å². The van der Waals surface area contributed by atoms with Crippen LogP contribution in [-0.4, -0.2) is 37.7 Å². The molecule has 0 aromatic carbocycles. The number of pyridine rings is 1. The molecule has 0 unspecified atom stereocenters. The molecule has 4 rings (SSSR count). The maximum Gasteiger partial charge on any atom is 0.230 e. The van der Waals surface area contributed by atoms with Gasteiger partial charge in [0.05, 0.1) is 5.69 Å². The fourth-order valence-corrected chi connectivity index (χ4v) is 3.88. The first kappa shape index (κ1) is 19.3. The average molecular weight is 389 g/mol. The Kier molecular flexibility index (Phi) is 5.17. The van der Waals surface area contributed by atoms with Crippen LogP contribution >= 0.6 is 0 Å². The molecule has 1 saturated carbocycles. The molecule has 3 heterocycles. The van der Waals surface area contributed by atoms with Crippen molar-refractivity contribution in [1.29, 1.82) is 0 Å². The number of nitrogens with zero attached hydrogens (tertiary/aromatic N) is 4. The number of Topliss-reactive ketones (excluding diaryl/α,β-unsaturated/α-hetero) is 1. The molecule has 0 atom stereocenters. The van der Waals surface area contributed by atoms with Gasteiger partial charge in [0.2, 0.25) is 12.7 Å². The van der Waals surface area contributed by atoms with E-state index in [1.807, 2.05) is 19.7 Å². The first-order valence-electron chi connectivity index (χ1n) is 10.1. The summed E-state index contributed by atoms with van der Waals surface area (Å²) in [7, 11) is 0. The normalized spacial score (nSPS) is 14.3. The quantitative estimate of drug-likeness (QED) is 0.498. The van der Waals surface area contributed by atoms with Gasteiger partial charge in [0.1, 0.15) is 17.1 Å². The molecular formula is C21H24BN5O2. The van der Waals surface area contributed by atoms with Gasteiger partial charge in [0, 0.05) is 29.4 Å². The number of nitrogens with one attached hydrogen (secondary N) is 1. The van der Waals surface area contributed by atoms with Gasteiger partial charge >= 0.3 is 0 Å². The number of hydrogen-bond donors (Lipinski definition) is 1. The topological polar surface area (TPSA) is 89.8 Å². The maximum absolute atomic E-state index is 12.8. The molecule has 1 fully saturated rings. The molecule has 1 N–H and O–H groups in total. The molecule has 7 nitrogen and oxygen atoms in total. The zero-order valence-corrected chi connectivity index (χ0v) is 17.0. The van der Waals surface area contributed by atoms with Crippen LogP contribution < -0.4 is 5.32 Å². The van der Waals surface area contributed by atoms with E-state index in [9.17, 15) is 9.59 Å². The molecule has 8 heteroatoms. The molecule has 0 saturated heterocycles. The largest absolute Gasteiger partial charge is 0.320 e. The van der Waals surface area contributed by atoms with Gasteiger partial charge in [-0.2, -0.15) is 4.98 Å². The Balaban J connectivity index is 1.73. The summed E-state index contributed by atoms with van der Waals surface area (Å²) >= 11 is 0. The van der Waals surface area contributed by atoms with Crippen molar-refractivity contribution in [3.8, 4) is 0 Å². The van der Waals surface area contributed by atoms with E-state index in [2.05, 4.69) is 19.9 Å². The third-order valence-electron chi connectivity index (χ3n) is 5.45. The monoisotopic (exact) mass is 389 g/mol. The highest BCUT2D eigenvalue weighted by atomic mass is 16.1. The molecule has 1 aliphatic rings. The van der Waals surface area contributed by atoms with Gasteiger partial charge in [-0.05, 0) is 38.0 Å². The summed E-state index contributed by atoms with van der Waals surface area (Å²) in [6, 6.07) is 5.66. The van der Waals surface area contributed by atoms with Gasteiger partial charge in [0.25, 0.3) is 0 Å². The second kappa shape index (κ2) is 7.77. The fourth-order valence-electron chi connectivity index (χ4n) is 3.88. The minimum absolute atomic E-state index is 0.0292. The van der Waals surface area contributed by atoms with Crippen LogP contribution in [0.15, 0.2) is 30.6 Å². The number of carbonyl (C=O) groups is 2. The van der Waals surface area contributed by atoms with Crippen molar-refractivity contribution in [2.45, 2.75) is 52.3 Å². The van der Waals surface area contributed by atoms with Gasteiger partial charge < -0.3 is 14.7 Å². The van der Waals surface area contributed by atoms with E-state index in [1.54, 1.807) is 18.3 Å². The molecule has 0 spiro atoms. The third kappa shape index (κ3) is 3.79. The van der Waals surface area contributed by atoms with Crippen molar-refractivity contribution in [3.63, 3.8) is 0 Å². The van der Waals surface area contributed by atoms with Crippen LogP contribution in [0, 0.1) is 0 Å². The van der Waals surface area contributed by atoms with E-state index in [4.69, 9.17) is 4.98 Å². The van der Waals surface area contributed by atoms with Gasteiger partial charge in [-0.25, -0.2) is 9.97 Å². The van der Waals surface area contributed by atoms with Crippen LogP contribution in [0.2, 0.25) is 13.6 Å². The Morgan fingerprint density at radius 3 is 2.52 bits per heavy atom. The highest BCUT2D eigenvalue weighted by Crippen LogP contribution is 2.34. The summed E-state index contributed by atoms with van der Waals surface area (Å²) < 4.78 is 2.11. The summed E-state index contributed by atoms with van der Waals surface area (Å²) in [5.74, 6) is 0.951. The molecular weight excluding hydrogens is 365 g/mol. The highest BCUT2D eigenvalue weighted by molar-refractivity contribution is 6.90. The summed E-state index contributed by atoms with van der Waals surface area (Å²) in [6.45, 7) is 5.28. The van der Waals surface area contributed by atoms with Crippen LogP contribution in [0.3, 0.4) is 0 Å². The van der Waals surface area contributed by atoms with Crippen molar-refractivity contribution in [2.75, 3.05) is 5.32 Å². The van der Waals surface area contributed by atoms with Gasteiger partial charge in [0.15, 0.2) is 5.78 Å². The Morgan fingerprint density at radius 1 is 1.14 bits per heavy atom. The number of rotatable bonds is 6. The summed E-state index contributed by atoms with van der Waals surface area (Å²) in [5.41, 5.74) is 2.18. The lowest BCUT2D eigenvalue weighted by molar-refractivity contribution is 0.101. The minimum atomic E-state index is -0.0750. The zero-order chi connectivity index (χ0) is 20.5. The molecule has 3 aromatic rings. The average Bonchev–Trinajstić information content (AvgIpc) is 3.34. The SMILES string of the molecule is CB(C)C(=O)c1cc2cnc(Nc3ccc(C(C)=O)cn3)nc2n1C1CCCC1. The van der Waals surface area contributed by atoms with Crippen molar-refractivity contribution < 1.29 is 9.59 Å². The highest BCUT2D eigenvalue weighted by Gasteiger charge is 2.27. The molecule has 0 aliphatic heterocycles. The van der Waals surface area contributed by atoms with Gasteiger partial charge in [-0.1, -0.05) is 26.5 Å². The first-order valence-corrected chi connectivity index (χ1v) is 10.1. The number of ketones is 1. The van der Waals surface area contributed by atoms with Crippen molar-refractivity contribution in [2.24, 2.45) is 0 Å². The minimum Gasteiger partial charge on any atom is -0.320 e. The standard InChI is InChI=1S/C21H24BN5O2/c1-13(28)14-8-9-18(23-11-14)25-21-24-12-15-10-17(19(29)22(2)3)27(20(15)26-21)16-6-4-5-7-16/h8-12,16H,4-7H2,1-3H3,(H,23,24,25,26). The number of carbonyl (C=O) groups excluding carboxylic acids is 2. The fraction of sp³-hybridized carbons (Fsp3) is 0.381. The summed E-state index contributed by atoms with van der Waals surface area (Å²) in [5, 5.41) is 3.97. The molecule has 1 aliphatic carbocycles. The Bertz CT molecular complexity index is 1070. The molecule has 0 amide bonds. The smallest absolute Gasteiger partial charge is 0.230 e. The van der Waals surface area contributed by atoms with E-state index in [-0.39, 0.29) is 18.2 Å². The zero-order valence-electron chi connectivity index (χ0n) is 17.0. The van der Waals surface area contributed by atoms with Crippen molar-refractivity contribution in [3.05, 3.63) is 41.9 Å². The summed E-state index contributed by atoms with van der Waals surface area (Å²) in [4.78, 5) is 37.6. The lowest BCUT2D eigenvalue weighted by atomic mass is 9.50. The molecule has 29 heavy (non-hydrogen) atoms. The number of hydrogen-bond acceptors (Lipinski definition) is 6. The van der Waals surface area contributed by atoms with Gasteiger partial charge in [-0.15, -0.1) is 0 Å². The van der Waals surface area contributed by atoms with E-state index >= 15 is 0 Å². The van der Waals surface area contributed by atoms with Gasteiger partial charge in [-0.3, -0.25) is 4.79 Å². The van der Waals surface area contributed by atoms with Crippen molar-refractivity contribution >= 4 is 41.0 Å². The number of anilines is 2. The Morgan fingerprint density at radius 2 is 1.90 bits per heavy atom. The molecule has 3 aromatic heterocycles. The van der Waals surface area contributed by atoms with Crippen molar-refractivity contribution in [1.82, 2.24) is 19.5 Å². The van der Waals surface area contributed by atoms with E-state index < -0.39 is 0 Å². The Hall–Kier alpha value is -3.03. The molecule has 0 radical (unpaired) electrons. The van der Waals surface area contributed by atoms with E-state index in [1.165, 1.54) is 26.0 Å². The van der Waals surface area contributed by atoms with Crippen LogP contribution in [0.4, 0.5) is 11.8 Å². The number of aromatic nitrogens is 4. The lowest BCUT2D eigenvalue weighted by Gasteiger charge is -2.17. The molecule has 0 bridgehead atoms. The third-order valence-corrected chi connectivity index (χ3v) is 5.45. The Labute approximate surface area is 170 Å². The van der Waals surface area contributed by atoms with Crippen LogP contribution in [-0.2, 0) is 0 Å². The predicted octanol–water partition coefficient (Wildman–Crippen LogP) is 4.36. The maximum atomic E-state index is 12.8. The van der Waals surface area contributed by atoms with E-state index in [0.717, 1.165) is 29.6 Å². The van der Waals surface area contributed by atoms with Crippen LogP contribution in [0.25, 0.3) is 11.0 Å². The lowest BCUT2D eigenvalue weighted by Crippen LogP contribution is -2.23. The predicted molar refractivity (Wildman–Crippen MR) is 114 cm³/mol. The summed E-state index contributed by atoms with van der Waals surface area (Å²) in [6.07, 6.45) is 7.73. The number of fused-ring (bicyclic) bond motifs is 1. The second-order valence-electron chi connectivity index (χ2n) is 7.94. The second-order valence-corrected chi connectivity index (χ2v) is 7.94.